The fourth-order valence-electron chi connectivity index (χ4n) is 1.13. The standard InChI is InChI=1S/C10H11F2NO2/c1-5(13)6-3-7(10(14)15-2)9(12)8(11)4-6/h3-5H,13H2,1-2H3. The van der Waals surface area contributed by atoms with Gasteiger partial charge >= 0.3 is 5.97 Å². The fraction of sp³-hybridized carbons (Fsp3) is 0.300. The zero-order valence-electron chi connectivity index (χ0n) is 8.38. The molecular formula is C10H11F2NO2. The molecule has 5 heteroatoms. The summed E-state index contributed by atoms with van der Waals surface area (Å²) in [4.78, 5) is 11.1. The Bertz CT molecular complexity index is 391. The van der Waals surface area contributed by atoms with Crippen LogP contribution in [0.1, 0.15) is 28.9 Å². The maximum Gasteiger partial charge on any atom is 0.340 e. The molecule has 0 bridgehead atoms. The molecule has 0 aliphatic carbocycles. The first-order chi connectivity index (χ1) is 6.97. The third kappa shape index (κ3) is 2.30. The lowest BCUT2D eigenvalue weighted by Crippen LogP contribution is -2.11. The molecule has 0 saturated heterocycles. The lowest BCUT2D eigenvalue weighted by atomic mass is 10.0. The van der Waals surface area contributed by atoms with Gasteiger partial charge in [0, 0.05) is 6.04 Å². The number of ether oxygens (including phenoxy) is 1. The van der Waals surface area contributed by atoms with Crippen molar-refractivity contribution in [2.45, 2.75) is 13.0 Å². The van der Waals surface area contributed by atoms with Crippen molar-refractivity contribution in [3.05, 3.63) is 34.9 Å². The molecule has 0 amide bonds. The molecule has 0 heterocycles. The third-order valence-electron chi connectivity index (χ3n) is 1.98. The van der Waals surface area contributed by atoms with Crippen LogP contribution >= 0.6 is 0 Å². The molecule has 1 unspecified atom stereocenters. The average molecular weight is 215 g/mol. The molecule has 0 fully saturated rings. The van der Waals surface area contributed by atoms with E-state index in [1.54, 1.807) is 6.92 Å². The molecule has 0 aliphatic heterocycles. The van der Waals surface area contributed by atoms with E-state index in [0.717, 1.165) is 13.2 Å². The van der Waals surface area contributed by atoms with E-state index in [4.69, 9.17) is 5.73 Å². The second-order valence-electron chi connectivity index (χ2n) is 3.14. The van der Waals surface area contributed by atoms with Crippen LogP contribution in [-0.4, -0.2) is 13.1 Å². The van der Waals surface area contributed by atoms with Crippen LogP contribution in [0.5, 0.6) is 0 Å². The van der Waals surface area contributed by atoms with E-state index in [-0.39, 0.29) is 0 Å². The molecule has 1 atom stereocenters. The summed E-state index contributed by atoms with van der Waals surface area (Å²) >= 11 is 0. The lowest BCUT2D eigenvalue weighted by Gasteiger charge is -2.09. The molecule has 0 radical (unpaired) electrons. The van der Waals surface area contributed by atoms with Gasteiger partial charge in [0.15, 0.2) is 11.6 Å². The van der Waals surface area contributed by atoms with Gasteiger partial charge in [-0.1, -0.05) is 0 Å². The first-order valence-electron chi connectivity index (χ1n) is 4.30. The quantitative estimate of drug-likeness (QED) is 0.765. The van der Waals surface area contributed by atoms with Crippen molar-refractivity contribution >= 4 is 5.97 Å². The Hall–Kier alpha value is -1.49. The molecule has 82 valence electrons. The second kappa shape index (κ2) is 4.35. The summed E-state index contributed by atoms with van der Waals surface area (Å²) in [5.41, 5.74) is 5.40. The number of methoxy groups -OCH3 is 1. The summed E-state index contributed by atoms with van der Waals surface area (Å²) in [6.07, 6.45) is 0. The molecule has 1 aromatic carbocycles. The van der Waals surface area contributed by atoms with Gasteiger partial charge in [-0.25, -0.2) is 13.6 Å². The molecule has 0 spiro atoms. The van der Waals surface area contributed by atoms with Gasteiger partial charge in [0.1, 0.15) is 0 Å². The molecule has 1 rings (SSSR count). The van der Waals surface area contributed by atoms with Gasteiger partial charge in [-0.3, -0.25) is 0 Å². The van der Waals surface area contributed by atoms with Gasteiger partial charge in [-0.2, -0.15) is 0 Å². The van der Waals surface area contributed by atoms with Crippen LogP contribution in [0.4, 0.5) is 8.78 Å². The van der Waals surface area contributed by atoms with E-state index in [1.165, 1.54) is 6.07 Å². The molecule has 0 saturated carbocycles. The maximum atomic E-state index is 13.2. The summed E-state index contributed by atoms with van der Waals surface area (Å²) in [6, 6.07) is 1.67. The molecular weight excluding hydrogens is 204 g/mol. The highest BCUT2D eigenvalue weighted by Gasteiger charge is 2.18. The van der Waals surface area contributed by atoms with E-state index in [9.17, 15) is 13.6 Å². The summed E-state index contributed by atoms with van der Waals surface area (Å²) in [5, 5.41) is 0. The lowest BCUT2D eigenvalue weighted by molar-refractivity contribution is 0.0594. The van der Waals surface area contributed by atoms with E-state index >= 15 is 0 Å². The van der Waals surface area contributed by atoms with Crippen LogP contribution in [0.15, 0.2) is 12.1 Å². The highest BCUT2D eigenvalue weighted by molar-refractivity contribution is 5.89. The molecule has 1 aromatic rings. The van der Waals surface area contributed by atoms with Crippen molar-refractivity contribution < 1.29 is 18.3 Å². The maximum absolute atomic E-state index is 13.2. The third-order valence-corrected chi connectivity index (χ3v) is 1.98. The number of rotatable bonds is 2. The highest BCUT2D eigenvalue weighted by atomic mass is 19.2. The van der Waals surface area contributed by atoms with E-state index in [1.807, 2.05) is 0 Å². The minimum absolute atomic E-state index is 0.342. The van der Waals surface area contributed by atoms with Gasteiger partial charge in [0.05, 0.1) is 12.7 Å². The first kappa shape index (κ1) is 11.6. The van der Waals surface area contributed by atoms with Crippen LogP contribution in [0.25, 0.3) is 0 Å². The van der Waals surface area contributed by atoms with Gasteiger partial charge in [0.2, 0.25) is 0 Å². The minimum atomic E-state index is -1.22. The van der Waals surface area contributed by atoms with Crippen molar-refractivity contribution in [2.75, 3.05) is 7.11 Å². The van der Waals surface area contributed by atoms with Crippen molar-refractivity contribution in [3.8, 4) is 0 Å². The molecule has 2 N–H and O–H groups in total. The predicted molar refractivity (Wildman–Crippen MR) is 50.3 cm³/mol. The number of hydrogen-bond donors (Lipinski definition) is 1. The monoisotopic (exact) mass is 215 g/mol. The first-order valence-corrected chi connectivity index (χ1v) is 4.30. The zero-order valence-corrected chi connectivity index (χ0v) is 8.38. The molecule has 0 aliphatic rings. The van der Waals surface area contributed by atoms with Crippen molar-refractivity contribution in [1.29, 1.82) is 0 Å². The van der Waals surface area contributed by atoms with Crippen molar-refractivity contribution in [3.63, 3.8) is 0 Å². The van der Waals surface area contributed by atoms with Gasteiger partial charge in [-0.05, 0) is 24.6 Å². The van der Waals surface area contributed by atoms with Crippen LogP contribution < -0.4 is 5.73 Å². The summed E-state index contributed by atoms with van der Waals surface area (Å²) in [6.45, 7) is 1.60. The fourth-order valence-corrected chi connectivity index (χ4v) is 1.13. The van der Waals surface area contributed by atoms with Crippen LogP contribution in [-0.2, 0) is 4.74 Å². The number of halogens is 2. The summed E-state index contributed by atoms with van der Waals surface area (Å²) in [7, 11) is 1.10. The van der Waals surface area contributed by atoms with Gasteiger partial charge in [-0.15, -0.1) is 0 Å². The largest absolute Gasteiger partial charge is 0.465 e. The van der Waals surface area contributed by atoms with Crippen LogP contribution in [0.3, 0.4) is 0 Å². The molecule has 3 nitrogen and oxygen atoms in total. The molecule has 0 aromatic heterocycles. The van der Waals surface area contributed by atoms with Crippen molar-refractivity contribution in [1.82, 2.24) is 0 Å². The number of nitrogens with two attached hydrogens (primary N) is 1. The Morgan fingerprint density at radius 2 is 2.07 bits per heavy atom. The Labute approximate surface area is 85.8 Å². The zero-order chi connectivity index (χ0) is 11.6. The average Bonchev–Trinajstić information content (AvgIpc) is 2.20. The van der Waals surface area contributed by atoms with Gasteiger partial charge < -0.3 is 10.5 Å². The molecule has 15 heavy (non-hydrogen) atoms. The Morgan fingerprint density at radius 3 is 2.53 bits per heavy atom. The summed E-state index contributed by atoms with van der Waals surface area (Å²) < 4.78 is 30.5. The second-order valence-corrected chi connectivity index (χ2v) is 3.14. The Kier molecular flexibility index (Phi) is 3.36. The van der Waals surface area contributed by atoms with Crippen LogP contribution in [0, 0.1) is 11.6 Å². The number of carbonyl (C=O) groups is 1. The van der Waals surface area contributed by atoms with Crippen LogP contribution in [0.2, 0.25) is 0 Å². The number of esters is 1. The smallest absolute Gasteiger partial charge is 0.340 e. The van der Waals surface area contributed by atoms with E-state index in [0.29, 0.717) is 5.56 Å². The Morgan fingerprint density at radius 1 is 1.47 bits per heavy atom. The SMILES string of the molecule is COC(=O)c1cc(C(C)N)cc(F)c1F. The number of hydrogen-bond acceptors (Lipinski definition) is 3. The number of benzene rings is 1. The summed E-state index contributed by atoms with van der Waals surface area (Å²) in [5.74, 6) is -3.25. The highest BCUT2D eigenvalue weighted by Crippen LogP contribution is 2.19. The van der Waals surface area contributed by atoms with Gasteiger partial charge in [0.25, 0.3) is 0 Å². The van der Waals surface area contributed by atoms with Crippen molar-refractivity contribution in [2.24, 2.45) is 5.73 Å². The predicted octanol–water partition coefficient (Wildman–Crippen LogP) is 1.77. The Balaban J connectivity index is 3.31. The van der Waals surface area contributed by atoms with E-state index in [2.05, 4.69) is 4.74 Å². The normalized spacial score (nSPS) is 12.3. The topological polar surface area (TPSA) is 52.3 Å². The number of carbonyl (C=O) groups excluding carboxylic acids is 1. The minimum Gasteiger partial charge on any atom is -0.465 e. The van der Waals surface area contributed by atoms with E-state index < -0.39 is 29.2 Å².